The van der Waals surface area contributed by atoms with E-state index in [4.69, 9.17) is 9.15 Å². The van der Waals surface area contributed by atoms with Crippen LogP contribution in [0.4, 0.5) is 0 Å². The monoisotopic (exact) mass is 292 g/mol. The molecule has 108 valence electrons. The first-order valence-electron chi connectivity index (χ1n) is 6.75. The highest BCUT2D eigenvalue weighted by atomic mass is 16.5. The lowest BCUT2D eigenvalue weighted by Crippen LogP contribution is -1.94. The minimum Gasteiger partial charge on any atom is -0.497 e. The van der Waals surface area contributed by atoms with Gasteiger partial charge in [0, 0.05) is 11.8 Å². The number of methoxy groups -OCH3 is 1. The summed E-state index contributed by atoms with van der Waals surface area (Å²) < 4.78 is 12.3. The average molecular weight is 292 g/mol. The molecule has 0 saturated heterocycles. The van der Waals surface area contributed by atoms with E-state index in [1.807, 2.05) is 42.5 Å². The third kappa shape index (κ3) is 2.01. The van der Waals surface area contributed by atoms with Gasteiger partial charge in [-0.25, -0.2) is 4.98 Å². The zero-order valence-electron chi connectivity index (χ0n) is 11.8. The molecule has 0 aliphatic heterocycles. The summed E-state index contributed by atoms with van der Waals surface area (Å²) >= 11 is 0. The summed E-state index contributed by atoms with van der Waals surface area (Å²) in [5.41, 5.74) is 1.71. The van der Waals surface area contributed by atoms with Gasteiger partial charge in [-0.05, 0) is 42.5 Å². The van der Waals surface area contributed by atoms with Crippen molar-refractivity contribution in [2.45, 2.75) is 0 Å². The minimum absolute atomic E-state index is 0.528. The van der Waals surface area contributed by atoms with Crippen molar-refractivity contribution in [1.29, 1.82) is 0 Å². The van der Waals surface area contributed by atoms with Crippen LogP contribution < -0.4 is 4.74 Å². The molecular formula is C16H12N4O2. The average Bonchev–Trinajstić information content (AvgIpc) is 3.24. The van der Waals surface area contributed by atoms with E-state index in [1.54, 1.807) is 24.1 Å². The van der Waals surface area contributed by atoms with Gasteiger partial charge >= 0.3 is 0 Å². The quantitative estimate of drug-likeness (QED) is 0.580. The summed E-state index contributed by atoms with van der Waals surface area (Å²) in [4.78, 5) is 8.72. The normalized spacial score (nSPS) is 11.0. The number of rotatable bonds is 3. The molecule has 3 heterocycles. The Hall–Kier alpha value is -3.15. The van der Waals surface area contributed by atoms with E-state index in [-0.39, 0.29) is 0 Å². The molecule has 0 amide bonds. The summed E-state index contributed by atoms with van der Waals surface area (Å²) in [5.74, 6) is 2.65. The maximum absolute atomic E-state index is 5.44. The summed E-state index contributed by atoms with van der Waals surface area (Å²) in [6, 6.07) is 13.1. The zero-order valence-corrected chi connectivity index (χ0v) is 11.8. The number of nitrogens with zero attached hydrogens (tertiary/aromatic N) is 4. The molecule has 22 heavy (non-hydrogen) atoms. The zero-order chi connectivity index (χ0) is 14.9. The number of fused-ring (bicyclic) bond motifs is 1. The van der Waals surface area contributed by atoms with Crippen molar-refractivity contribution in [2.24, 2.45) is 0 Å². The predicted octanol–water partition coefficient (Wildman–Crippen LogP) is 3.06. The van der Waals surface area contributed by atoms with Crippen LogP contribution in [0.3, 0.4) is 0 Å². The summed E-state index contributed by atoms with van der Waals surface area (Å²) in [6.45, 7) is 0. The summed E-state index contributed by atoms with van der Waals surface area (Å²) in [7, 11) is 1.64. The molecule has 0 radical (unpaired) electrons. The third-order valence-electron chi connectivity index (χ3n) is 3.36. The van der Waals surface area contributed by atoms with Gasteiger partial charge in [0.05, 0.1) is 13.4 Å². The molecule has 0 aliphatic carbocycles. The number of benzene rings is 1. The SMILES string of the molecule is COc1ccc(-c2nc3nccc(-c4ccco4)n3n2)cc1. The van der Waals surface area contributed by atoms with Crippen molar-refractivity contribution in [1.82, 2.24) is 19.6 Å². The summed E-state index contributed by atoms with van der Waals surface area (Å²) in [6.07, 6.45) is 3.32. The van der Waals surface area contributed by atoms with E-state index < -0.39 is 0 Å². The highest BCUT2D eigenvalue weighted by Crippen LogP contribution is 2.23. The van der Waals surface area contributed by atoms with Gasteiger partial charge < -0.3 is 9.15 Å². The van der Waals surface area contributed by atoms with Crippen LogP contribution in [-0.2, 0) is 0 Å². The van der Waals surface area contributed by atoms with E-state index in [1.165, 1.54) is 0 Å². The molecule has 0 bridgehead atoms. The van der Waals surface area contributed by atoms with E-state index in [0.717, 1.165) is 22.8 Å². The molecule has 1 aromatic carbocycles. The number of aromatic nitrogens is 4. The number of furan rings is 1. The van der Waals surface area contributed by atoms with Crippen molar-refractivity contribution in [3.05, 3.63) is 54.9 Å². The molecule has 0 N–H and O–H groups in total. The Labute approximate surface area is 126 Å². The molecule has 0 atom stereocenters. The van der Waals surface area contributed by atoms with Gasteiger partial charge in [0.1, 0.15) is 11.4 Å². The standard InChI is InChI=1S/C16H12N4O2/c1-21-12-6-4-11(5-7-12)15-18-16-17-9-8-13(20(16)19-15)14-3-2-10-22-14/h2-10H,1H3. The largest absolute Gasteiger partial charge is 0.497 e. The first-order chi connectivity index (χ1) is 10.8. The van der Waals surface area contributed by atoms with Gasteiger partial charge in [-0.1, -0.05) is 0 Å². The van der Waals surface area contributed by atoms with E-state index in [0.29, 0.717) is 11.6 Å². The Balaban J connectivity index is 1.85. The molecule has 0 fully saturated rings. The lowest BCUT2D eigenvalue weighted by Gasteiger charge is -2.00. The first-order valence-corrected chi connectivity index (χ1v) is 6.75. The smallest absolute Gasteiger partial charge is 0.253 e. The highest BCUT2D eigenvalue weighted by molar-refractivity contribution is 5.61. The van der Waals surface area contributed by atoms with Gasteiger partial charge in [0.25, 0.3) is 5.78 Å². The lowest BCUT2D eigenvalue weighted by molar-refractivity contribution is 0.415. The van der Waals surface area contributed by atoms with Gasteiger partial charge in [-0.3, -0.25) is 0 Å². The molecule has 0 aliphatic rings. The molecule has 3 aromatic heterocycles. The molecule has 0 spiro atoms. The van der Waals surface area contributed by atoms with Gasteiger partial charge in [0.2, 0.25) is 0 Å². The second kappa shape index (κ2) is 5.00. The van der Waals surface area contributed by atoms with Crippen LogP contribution >= 0.6 is 0 Å². The molecule has 6 heteroatoms. The van der Waals surface area contributed by atoms with Crippen LogP contribution in [0.2, 0.25) is 0 Å². The Bertz CT molecular complexity index is 911. The van der Waals surface area contributed by atoms with Crippen molar-refractivity contribution >= 4 is 5.78 Å². The Morgan fingerprint density at radius 2 is 1.95 bits per heavy atom. The second-order valence-corrected chi connectivity index (χ2v) is 4.68. The van der Waals surface area contributed by atoms with Crippen molar-refractivity contribution < 1.29 is 9.15 Å². The number of ether oxygens (including phenoxy) is 1. The van der Waals surface area contributed by atoms with Crippen LogP contribution in [0.1, 0.15) is 0 Å². The fraction of sp³-hybridized carbons (Fsp3) is 0.0625. The van der Waals surface area contributed by atoms with Crippen LogP contribution in [-0.4, -0.2) is 26.7 Å². The van der Waals surface area contributed by atoms with Crippen molar-refractivity contribution in [3.63, 3.8) is 0 Å². The van der Waals surface area contributed by atoms with Crippen LogP contribution in [0.5, 0.6) is 5.75 Å². The Morgan fingerprint density at radius 1 is 1.09 bits per heavy atom. The maximum atomic E-state index is 5.44. The van der Waals surface area contributed by atoms with Crippen LogP contribution in [0.25, 0.3) is 28.6 Å². The minimum atomic E-state index is 0.528. The van der Waals surface area contributed by atoms with Crippen LogP contribution in [0.15, 0.2) is 59.3 Å². The lowest BCUT2D eigenvalue weighted by atomic mass is 10.2. The number of hydrogen-bond donors (Lipinski definition) is 0. The Kier molecular flexibility index (Phi) is 2.86. The predicted molar refractivity (Wildman–Crippen MR) is 80.5 cm³/mol. The fourth-order valence-corrected chi connectivity index (χ4v) is 2.27. The molecule has 4 aromatic rings. The van der Waals surface area contributed by atoms with E-state index >= 15 is 0 Å². The number of hydrogen-bond acceptors (Lipinski definition) is 5. The van der Waals surface area contributed by atoms with Crippen molar-refractivity contribution in [2.75, 3.05) is 7.11 Å². The molecule has 0 unspecified atom stereocenters. The third-order valence-corrected chi connectivity index (χ3v) is 3.36. The molecular weight excluding hydrogens is 280 g/mol. The first kappa shape index (κ1) is 12.6. The van der Waals surface area contributed by atoms with Crippen molar-refractivity contribution in [3.8, 4) is 28.6 Å². The van der Waals surface area contributed by atoms with Gasteiger partial charge in [-0.15, -0.1) is 5.10 Å². The molecule has 6 nitrogen and oxygen atoms in total. The van der Waals surface area contributed by atoms with Crippen LogP contribution in [0, 0.1) is 0 Å². The maximum Gasteiger partial charge on any atom is 0.253 e. The second-order valence-electron chi connectivity index (χ2n) is 4.68. The van der Waals surface area contributed by atoms with E-state index in [9.17, 15) is 0 Å². The summed E-state index contributed by atoms with van der Waals surface area (Å²) in [5, 5.41) is 4.54. The van der Waals surface area contributed by atoms with E-state index in [2.05, 4.69) is 15.1 Å². The molecule has 0 saturated carbocycles. The Morgan fingerprint density at radius 3 is 2.68 bits per heavy atom. The van der Waals surface area contributed by atoms with Gasteiger partial charge in [-0.2, -0.15) is 9.50 Å². The molecule has 4 rings (SSSR count). The van der Waals surface area contributed by atoms with Gasteiger partial charge in [0.15, 0.2) is 11.6 Å². The fourth-order valence-electron chi connectivity index (χ4n) is 2.27. The highest BCUT2D eigenvalue weighted by Gasteiger charge is 2.12. The topological polar surface area (TPSA) is 65.5 Å².